The van der Waals surface area contributed by atoms with E-state index < -0.39 is 24.5 Å². The quantitative estimate of drug-likeness (QED) is 0.577. The van der Waals surface area contributed by atoms with Gasteiger partial charge >= 0.3 is 5.97 Å². The highest BCUT2D eigenvalue weighted by Crippen LogP contribution is 2.29. The predicted octanol–water partition coefficient (Wildman–Crippen LogP) is 3.34. The van der Waals surface area contributed by atoms with Crippen LogP contribution in [0.2, 0.25) is 0 Å². The number of nitrogens with zero attached hydrogens (tertiary/aromatic N) is 2. The van der Waals surface area contributed by atoms with E-state index >= 15 is 0 Å². The zero-order chi connectivity index (χ0) is 24.8. The van der Waals surface area contributed by atoms with Gasteiger partial charge in [-0.2, -0.15) is 5.26 Å². The molecule has 3 rings (SSSR count). The molecule has 2 N–H and O–H groups in total. The molecule has 0 bridgehead atoms. The topological polar surface area (TPSA) is 113 Å². The first-order valence-electron chi connectivity index (χ1n) is 11.3. The van der Waals surface area contributed by atoms with E-state index in [4.69, 9.17) is 4.74 Å². The Bertz CT molecular complexity index is 1110. The molecule has 1 aromatic carbocycles. The number of aromatic nitrogens is 1. The molecular formula is C25H29FN4O4. The van der Waals surface area contributed by atoms with Crippen LogP contribution in [0.3, 0.4) is 0 Å². The van der Waals surface area contributed by atoms with Crippen molar-refractivity contribution in [2.75, 3.05) is 11.9 Å². The molecule has 1 heterocycles. The van der Waals surface area contributed by atoms with E-state index in [0.717, 1.165) is 36.9 Å². The summed E-state index contributed by atoms with van der Waals surface area (Å²) < 4.78 is 20.3. The van der Waals surface area contributed by atoms with Gasteiger partial charge in [-0.25, -0.2) is 9.18 Å². The molecule has 0 saturated heterocycles. The number of nitriles is 1. The lowest BCUT2D eigenvalue weighted by Gasteiger charge is -2.22. The molecule has 1 fully saturated rings. The first-order valence-corrected chi connectivity index (χ1v) is 11.3. The Kier molecular flexibility index (Phi) is 8.05. The summed E-state index contributed by atoms with van der Waals surface area (Å²) in [5.41, 5.74) is 2.59. The molecule has 1 aliphatic rings. The molecule has 1 aliphatic carbocycles. The molecule has 8 nitrogen and oxygen atoms in total. The molecule has 1 aromatic heterocycles. The number of hydrogen-bond donors (Lipinski definition) is 2. The lowest BCUT2D eigenvalue weighted by atomic mass is 9.98. The summed E-state index contributed by atoms with van der Waals surface area (Å²) >= 11 is 0. The Labute approximate surface area is 198 Å². The predicted molar refractivity (Wildman–Crippen MR) is 123 cm³/mol. The standard InChI is InChI=1S/C25H29FN4O4/c1-15-16(2)30(13-18-8-10-20(26)11-9-18)24(21(15)12-27)29-22(32)14-34-25(33)23(28-17(3)31)19-6-4-5-7-19/h8-11,19,23H,4-7,13-14H2,1-3H3,(H,28,31)(H,29,32). The fourth-order valence-corrected chi connectivity index (χ4v) is 4.37. The number of anilines is 1. The van der Waals surface area contributed by atoms with Crippen molar-refractivity contribution in [2.45, 2.75) is 59.0 Å². The van der Waals surface area contributed by atoms with Gasteiger partial charge in [0.25, 0.3) is 5.91 Å². The molecule has 0 radical (unpaired) electrons. The molecule has 2 aromatic rings. The van der Waals surface area contributed by atoms with E-state index in [1.165, 1.54) is 19.1 Å². The van der Waals surface area contributed by atoms with Crippen molar-refractivity contribution in [3.05, 3.63) is 52.5 Å². The Morgan fingerprint density at radius 1 is 1.21 bits per heavy atom. The van der Waals surface area contributed by atoms with Gasteiger partial charge in [-0.15, -0.1) is 0 Å². The summed E-state index contributed by atoms with van der Waals surface area (Å²) in [4.78, 5) is 36.9. The highest BCUT2D eigenvalue weighted by molar-refractivity contribution is 5.94. The molecule has 0 spiro atoms. The summed E-state index contributed by atoms with van der Waals surface area (Å²) in [7, 11) is 0. The highest BCUT2D eigenvalue weighted by atomic mass is 19.1. The van der Waals surface area contributed by atoms with Gasteiger partial charge in [0.1, 0.15) is 23.7 Å². The van der Waals surface area contributed by atoms with Gasteiger partial charge in [0, 0.05) is 19.2 Å². The number of esters is 1. The van der Waals surface area contributed by atoms with Crippen LogP contribution >= 0.6 is 0 Å². The van der Waals surface area contributed by atoms with Gasteiger partial charge in [0.15, 0.2) is 6.61 Å². The molecule has 0 aliphatic heterocycles. The number of amides is 2. The lowest BCUT2D eigenvalue weighted by molar-refractivity contribution is -0.152. The number of nitrogens with one attached hydrogen (secondary N) is 2. The van der Waals surface area contributed by atoms with E-state index in [9.17, 15) is 24.0 Å². The largest absolute Gasteiger partial charge is 0.454 e. The number of halogens is 1. The van der Waals surface area contributed by atoms with Crippen LogP contribution in [0, 0.1) is 36.9 Å². The maximum absolute atomic E-state index is 13.3. The minimum atomic E-state index is -0.783. The van der Waals surface area contributed by atoms with Crippen LogP contribution < -0.4 is 10.6 Å². The smallest absolute Gasteiger partial charge is 0.329 e. The van der Waals surface area contributed by atoms with Crippen LogP contribution in [0.5, 0.6) is 0 Å². The third-order valence-electron chi connectivity index (χ3n) is 6.28. The molecule has 1 atom stereocenters. The summed E-state index contributed by atoms with van der Waals surface area (Å²) in [6.45, 7) is 4.72. The van der Waals surface area contributed by atoms with Crippen LogP contribution in [0.15, 0.2) is 24.3 Å². The second-order valence-corrected chi connectivity index (χ2v) is 8.64. The molecule has 180 valence electrons. The summed E-state index contributed by atoms with van der Waals surface area (Å²) in [6, 6.07) is 7.29. The highest BCUT2D eigenvalue weighted by Gasteiger charge is 2.33. The van der Waals surface area contributed by atoms with Gasteiger partial charge in [-0.05, 0) is 55.9 Å². The third-order valence-corrected chi connectivity index (χ3v) is 6.28. The van der Waals surface area contributed by atoms with Crippen LogP contribution in [-0.4, -0.2) is 35.0 Å². The van der Waals surface area contributed by atoms with Crippen LogP contribution in [0.1, 0.15) is 55.0 Å². The van der Waals surface area contributed by atoms with Crippen molar-refractivity contribution in [1.29, 1.82) is 5.26 Å². The fraction of sp³-hybridized carbons (Fsp3) is 0.440. The Morgan fingerprint density at radius 2 is 1.85 bits per heavy atom. The van der Waals surface area contributed by atoms with Gasteiger partial charge in [0.05, 0.1) is 5.56 Å². The molecule has 1 saturated carbocycles. The van der Waals surface area contributed by atoms with Gasteiger partial charge in [-0.1, -0.05) is 25.0 Å². The van der Waals surface area contributed by atoms with E-state index in [-0.39, 0.29) is 23.5 Å². The fourth-order valence-electron chi connectivity index (χ4n) is 4.37. The normalized spacial score (nSPS) is 14.3. The van der Waals surface area contributed by atoms with Crippen LogP contribution in [0.4, 0.5) is 10.2 Å². The average Bonchev–Trinajstić information content (AvgIpc) is 3.41. The molecule has 9 heteroatoms. The summed E-state index contributed by atoms with van der Waals surface area (Å²) in [5, 5.41) is 15.0. The first kappa shape index (κ1) is 25.0. The van der Waals surface area contributed by atoms with Gasteiger partial charge in [-0.3, -0.25) is 9.59 Å². The van der Waals surface area contributed by atoms with Gasteiger partial charge < -0.3 is 19.9 Å². The third kappa shape index (κ3) is 5.81. The van der Waals surface area contributed by atoms with Gasteiger partial charge in [0.2, 0.25) is 5.91 Å². The van der Waals surface area contributed by atoms with Crippen molar-refractivity contribution in [1.82, 2.24) is 9.88 Å². The van der Waals surface area contributed by atoms with Crippen LogP contribution in [-0.2, 0) is 25.7 Å². The van der Waals surface area contributed by atoms with E-state index in [1.54, 1.807) is 23.6 Å². The van der Waals surface area contributed by atoms with E-state index in [2.05, 4.69) is 16.7 Å². The lowest BCUT2D eigenvalue weighted by Crippen LogP contribution is -2.46. The maximum atomic E-state index is 13.3. The maximum Gasteiger partial charge on any atom is 0.329 e. The monoisotopic (exact) mass is 468 g/mol. The molecule has 1 unspecified atom stereocenters. The number of carbonyl (C=O) groups is 3. The van der Waals surface area contributed by atoms with Crippen LogP contribution in [0.25, 0.3) is 0 Å². The van der Waals surface area contributed by atoms with Crippen molar-refractivity contribution < 1.29 is 23.5 Å². The second-order valence-electron chi connectivity index (χ2n) is 8.64. The Hall–Kier alpha value is -3.67. The Balaban J connectivity index is 1.72. The SMILES string of the molecule is CC(=O)NC(C(=O)OCC(=O)Nc1c(C#N)c(C)c(C)n1Cc1ccc(F)cc1)C1CCCC1. The van der Waals surface area contributed by atoms with Crippen molar-refractivity contribution in [2.24, 2.45) is 5.92 Å². The first-order chi connectivity index (χ1) is 16.2. The zero-order valence-corrected chi connectivity index (χ0v) is 19.6. The van der Waals surface area contributed by atoms with E-state index in [1.807, 2.05) is 6.92 Å². The zero-order valence-electron chi connectivity index (χ0n) is 19.6. The average molecular weight is 469 g/mol. The number of carbonyl (C=O) groups excluding carboxylic acids is 3. The number of rotatable bonds is 8. The summed E-state index contributed by atoms with van der Waals surface area (Å²) in [5.74, 6) is -1.66. The van der Waals surface area contributed by atoms with Crippen molar-refractivity contribution in [3.63, 3.8) is 0 Å². The minimum Gasteiger partial charge on any atom is -0.454 e. The summed E-state index contributed by atoms with van der Waals surface area (Å²) in [6.07, 6.45) is 3.59. The number of hydrogen-bond acceptors (Lipinski definition) is 5. The second kappa shape index (κ2) is 11.0. The van der Waals surface area contributed by atoms with Crippen molar-refractivity contribution >= 4 is 23.6 Å². The number of benzene rings is 1. The molecule has 2 amide bonds. The Morgan fingerprint density at radius 3 is 2.44 bits per heavy atom. The van der Waals surface area contributed by atoms with Crippen molar-refractivity contribution in [3.8, 4) is 6.07 Å². The minimum absolute atomic E-state index is 0.0112. The molecule has 34 heavy (non-hydrogen) atoms. The van der Waals surface area contributed by atoms with E-state index in [0.29, 0.717) is 17.7 Å². The number of ether oxygens (including phenoxy) is 1. The molecular weight excluding hydrogens is 439 g/mol.